The third-order valence-electron chi connectivity index (χ3n) is 3.32. The minimum atomic E-state index is -0.307. The highest BCUT2D eigenvalue weighted by Crippen LogP contribution is 2.22. The van der Waals surface area contributed by atoms with Gasteiger partial charge in [-0.15, -0.1) is 0 Å². The van der Waals surface area contributed by atoms with E-state index in [0.29, 0.717) is 5.56 Å². The van der Waals surface area contributed by atoms with Gasteiger partial charge in [0, 0.05) is 12.3 Å². The minimum Gasteiger partial charge on any atom is -0.299 e. The van der Waals surface area contributed by atoms with Crippen molar-refractivity contribution < 1.29 is 9.18 Å². The molecule has 0 radical (unpaired) electrons. The quantitative estimate of drug-likeness (QED) is 0.786. The van der Waals surface area contributed by atoms with Crippen molar-refractivity contribution in [3.8, 4) is 0 Å². The molecule has 0 saturated heterocycles. The van der Waals surface area contributed by atoms with Crippen LogP contribution in [-0.4, -0.2) is 5.78 Å². The molecule has 19 heavy (non-hydrogen) atoms. The molecule has 1 nitrogen and oxygen atoms in total. The molecule has 1 atom stereocenters. The molecule has 0 aromatic heterocycles. The number of benzene rings is 2. The van der Waals surface area contributed by atoms with E-state index in [-0.39, 0.29) is 23.9 Å². The van der Waals surface area contributed by atoms with Gasteiger partial charge in [-0.1, -0.05) is 55.5 Å². The Hall–Kier alpha value is -1.96. The van der Waals surface area contributed by atoms with Crippen LogP contribution in [0.4, 0.5) is 4.39 Å². The fraction of sp³-hybridized carbons (Fsp3) is 0.235. The van der Waals surface area contributed by atoms with Gasteiger partial charge >= 0.3 is 0 Å². The average molecular weight is 256 g/mol. The van der Waals surface area contributed by atoms with Crippen molar-refractivity contribution in [3.63, 3.8) is 0 Å². The molecular formula is C17H17FO. The fourth-order valence-electron chi connectivity index (χ4n) is 2.29. The molecule has 0 aliphatic heterocycles. The maximum Gasteiger partial charge on any atom is 0.144 e. The first kappa shape index (κ1) is 13.5. The number of hydrogen-bond acceptors (Lipinski definition) is 1. The standard InChI is InChI=1S/C17H17FO/c1-2-15(13-8-4-3-5-9-13)17(19)12-14-10-6-7-11-16(14)18/h3-11,15H,2,12H2,1H3. The Balaban J connectivity index is 2.17. The van der Waals surface area contributed by atoms with E-state index in [2.05, 4.69) is 0 Å². The topological polar surface area (TPSA) is 17.1 Å². The van der Waals surface area contributed by atoms with Crippen LogP contribution in [0.3, 0.4) is 0 Å². The number of ketones is 1. The van der Waals surface area contributed by atoms with Gasteiger partial charge in [-0.3, -0.25) is 4.79 Å². The van der Waals surface area contributed by atoms with Crippen LogP contribution in [0.5, 0.6) is 0 Å². The van der Waals surface area contributed by atoms with Gasteiger partial charge < -0.3 is 0 Å². The van der Waals surface area contributed by atoms with E-state index in [1.807, 2.05) is 37.3 Å². The lowest BCUT2D eigenvalue weighted by molar-refractivity contribution is -0.120. The van der Waals surface area contributed by atoms with Gasteiger partial charge in [-0.2, -0.15) is 0 Å². The first-order chi connectivity index (χ1) is 9.22. The second-order valence-electron chi connectivity index (χ2n) is 4.61. The lowest BCUT2D eigenvalue weighted by atomic mass is 9.89. The van der Waals surface area contributed by atoms with Crippen LogP contribution in [0.1, 0.15) is 30.4 Å². The van der Waals surface area contributed by atoms with E-state index < -0.39 is 0 Å². The molecule has 0 bridgehead atoms. The summed E-state index contributed by atoms with van der Waals surface area (Å²) in [4.78, 5) is 12.3. The van der Waals surface area contributed by atoms with Gasteiger partial charge in [0.05, 0.1) is 0 Å². The van der Waals surface area contributed by atoms with Crippen LogP contribution in [-0.2, 0) is 11.2 Å². The van der Waals surface area contributed by atoms with Crippen molar-refractivity contribution in [1.29, 1.82) is 0 Å². The van der Waals surface area contributed by atoms with E-state index in [9.17, 15) is 9.18 Å². The number of rotatable bonds is 5. The highest BCUT2D eigenvalue weighted by Gasteiger charge is 2.19. The molecule has 0 spiro atoms. The summed E-state index contributed by atoms with van der Waals surface area (Å²) in [5.41, 5.74) is 1.48. The zero-order valence-electron chi connectivity index (χ0n) is 11.0. The zero-order valence-corrected chi connectivity index (χ0v) is 11.0. The first-order valence-electron chi connectivity index (χ1n) is 6.53. The van der Waals surface area contributed by atoms with E-state index in [1.165, 1.54) is 6.07 Å². The highest BCUT2D eigenvalue weighted by molar-refractivity contribution is 5.87. The minimum absolute atomic E-state index is 0.0683. The van der Waals surface area contributed by atoms with E-state index in [1.54, 1.807) is 18.2 Å². The Morgan fingerprint density at radius 2 is 1.68 bits per heavy atom. The Labute approximate surface area is 113 Å². The molecule has 1 unspecified atom stereocenters. The average Bonchev–Trinajstić information content (AvgIpc) is 2.43. The summed E-state index contributed by atoms with van der Waals surface area (Å²) < 4.78 is 13.6. The van der Waals surface area contributed by atoms with Crippen LogP contribution in [0.25, 0.3) is 0 Å². The van der Waals surface area contributed by atoms with E-state index in [0.717, 1.165) is 12.0 Å². The summed E-state index contributed by atoms with van der Waals surface area (Å²) in [6.07, 6.45) is 0.886. The van der Waals surface area contributed by atoms with Crippen molar-refractivity contribution >= 4 is 5.78 Å². The Kier molecular flexibility index (Phi) is 4.45. The SMILES string of the molecule is CCC(C(=O)Cc1ccccc1F)c1ccccc1. The van der Waals surface area contributed by atoms with Crippen molar-refractivity contribution in [2.24, 2.45) is 0 Å². The third kappa shape index (κ3) is 3.28. The van der Waals surface area contributed by atoms with Crippen molar-refractivity contribution in [3.05, 3.63) is 71.5 Å². The number of halogens is 1. The molecule has 2 heteroatoms. The molecule has 2 aromatic rings. The zero-order chi connectivity index (χ0) is 13.7. The maximum atomic E-state index is 13.6. The lowest BCUT2D eigenvalue weighted by Crippen LogP contribution is -2.15. The Bertz CT molecular complexity index is 548. The van der Waals surface area contributed by atoms with Gasteiger partial charge in [0.1, 0.15) is 11.6 Å². The number of carbonyl (C=O) groups is 1. The molecule has 0 amide bonds. The molecule has 2 aromatic carbocycles. The van der Waals surface area contributed by atoms with Gasteiger partial charge in [0.15, 0.2) is 0 Å². The summed E-state index contributed by atoms with van der Waals surface area (Å²) in [5.74, 6) is -0.390. The van der Waals surface area contributed by atoms with Crippen LogP contribution < -0.4 is 0 Å². The normalized spacial score (nSPS) is 12.1. The smallest absolute Gasteiger partial charge is 0.144 e. The predicted octanol–water partition coefficient (Wildman–Crippen LogP) is 4.13. The molecular weight excluding hydrogens is 239 g/mol. The molecule has 2 rings (SSSR count). The molecule has 0 saturated carbocycles. The molecule has 0 fully saturated rings. The molecule has 0 aliphatic carbocycles. The highest BCUT2D eigenvalue weighted by atomic mass is 19.1. The number of carbonyl (C=O) groups excluding carboxylic acids is 1. The predicted molar refractivity (Wildman–Crippen MR) is 74.6 cm³/mol. The number of Topliss-reactive ketones (excluding diaryl/α,β-unsaturated/α-hetero) is 1. The van der Waals surface area contributed by atoms with Crippen molar-refractivity contribution in [2.75, 3.05) is 0 Å². The van der Waals surface area contributed by atoms with Crippen molar-refractivity contribution in [1.82, 2.24) is 0 Å². The van der Waals surface area contributed by atoms with Gasteiger partial charge in [-0.05, 0) is 23.6 Å². The summed E-state index contributed by atoms with van der Waals surface area (Å²) >= 11 is 0. The van der Waals surface area contributed by atoms with Crippen LogP contribution >= 0.6 is 0 Å². The van der Waals surface area contributed by atoms with Crippen LogP contribution in [0.15, 0.2) is 54.6 Å². The first-order valence-corrected chi connectivity index (χ1v) is 6.53. The van der Waals surface area contributed by atoms with Crippen molar-refractivity contribution in [2.45, 2.75) is 25.7 Å². The van der Waals surface area contributed by atoms with E-state index in [4.69, 9.17) is 0 Å². The van der Waals surface area contributed by atoms with Gasteiger partial charge in [0.2, 0.25) is 0 Å². The summed E-state index contributed by atoms with van der Waals surface area (Å²) in [7, 11) is 0. The summed E-state index contributed by atoms with van der Waals surface area (Å²) in [6, 6.07) is 16.1. The lowest BCUT2D eigenvalue weighted by Gasteiger charge is -2.14. The monoisotopic (exact) mass is 256 g/mol. The van der Waals surface area contributed by atoms with Gasteiger partial charge in [0.25, 0.3) is 0 Å². The fourth-order valence-corrected chi connectivity index (χ4v) is 2.29. The van der Waals surface area contributed by atoms with Gasteiger partial charge in [-0.25, -0.2) is 4.39 Å². The maximum absolute atomic E-state index is 13.6. The van der Waals surface area contributed by atoms with E-state index >= 15 is 0 Å². The number of hydrogen-bond donors (Lipinski definition) is 0. The second-order valence-corrected chi connectivity index (χ2v) is 4.61. The molecule has 0 aliphatic rings. The second kappa shape index (κ2) is 6.28. The summed E-state index contributed by atoms with van der Waals surface area (Å²) in [6.45, 7) is 1.98. The third-order valence-corrected chi connectivity index (χ3v) is 3.32. The molecule has 0 heterocycles. The summed E-state index contributed by atoms with van der Waals surface area (Å²) in [5, 5.41) is 0. The van der Waals surface area contributed by atoms with Crippen LogP contribution in [0.2, 0.25) is 0 Å². The molecule has 98 valence electrons. The Morgan fingerprint density at radius 1 is 1.05 bits per heavy atom. The Morgan fingerprint density at radius 3 is 2.32 bits per heavy atom. The largest absolute Gasteiger partial charge is 0.299 e. The molecule has 0 N–H and O–H groups in total. The van der Waals surface area contributed by atoms with Crippen LogP contribution in [0, 0.1) is 5.82 Å².